The van der Waals surface area contributed by atoms with E-state index >= 15 is 0 Å². The molecule has 29 heavy (non-hydrogen) atoms. The number of morpholine rings is 1. The molecule has 2 aliphatic heterocycles. The molecule has 0 radical (unpaired) electrons. The molecular weight excluding hydrogens is 372 g/mol. The summed E-state index contributed by atoms with van der Waals surface area (Å²) in [6.07, 6.45) is 2.32. The Bertz CT molecular complexity index is 1110. The molecule has 0 aliphatic carbocycles. The van der Waals surface area contributed by atoms with Crippen molar-refractivity contribution in [2.45, 2.75) is 45.9 Å². The van der Waals surface area contributed by atoms with Crippen LogP contribution in [-0.4, -0.2) is 61.4 Å². The van der Waals surface area contributed by atoms with Gasteiger partial charge in [-0.3, -0.25) is 9.78 Å². The lowest BCUT2D eigenvalue weighted by Crippen LogP contribution is -2.47. The molecule has 5 rings (SSSR count). The minimum absolute atomic E-state index is 0.0479. The number of aryl methyl sites for hydroxylation is 1. The number of hydrogen-bond donors (Lipinski definition) is 1. The van der Waals surface area contributed by atoms with E-state index in [1.165, 1.54) is 6.33 Å². The molecular formula is C19H24N8O2. The van der Waals surface area contributed by atoms with Gasteiger partial charge in [0.25, 0.3) is 11.3 Å². The molecule has 3 aromatic rings. The lowest BCUT2D eigenvalue weighted by Gasteiger charge is -2.36. The molecule has 0 amide bonds. The van der Waals surface area contributed by atoms with E-state index < -0.39 is 0 Å². The average Bonchev–Trinajstić information content (AvgIpc) is 3.14. The van der Waals surface area contributed by atoms with Crippen molar-refractivity contribution in [1.82, 2.24) is 29.5 Å². The predicted molar refractivity (Wildman–Crippen MR) is 107 cm³/mol. The van der Waals surface area contributed by atoms with Crippen LogP contribution in [0.5, 0.6) is 0 Å². The number of nitrogens with zero attached hydrogens (tertiary/aromatic N) is 7. The summed E-state index contributed by atoms with van der Waals surface area (Å²) in [6.45, 7) is 8.68. The van der Waals surface area contributed by atoms with Gasteiger partial charge in [-0.15, -0.1) is 0 Å². The van der Waals surface area contributed by atoms with Crippen molar-refractivity contribution in [3.63, 3.8) is 0 Å². The van der Waals surface area contributed by atoms with Crippen LogP contribution < -0.4 is 15.4 Å². The Labute approximate surface area is 167 Å². The van der Waals surface area contributed by atoms with Gasteiger partial charge >= 0.3 is 0 Å². The lowest BCUT2D eigenvalue weighted by atomic mass is 10.1. The van der Waals surface area contributed by atoms with Crippen molar-refractivity contribution < 1.29 is 4.74 Å². The predicted octanol–water partition coefficient (Wildman–Crippen LogP) is 0.692. The van der Waals surface area contributed by atoms with Crippen LogP contribution in [0.2, 0.25) is 0 Å². The van der Waals surface area contributed by atoms with Gasteiger partial charge < -0.3 is 14.5 Å². The third kappa shape index (κ3) is 3.23. The van der Waals surface area contributed by atoms with Gasteiger partial charge in [-0.25, -0.2) is 9.97 Å². The second-order valence-corrected chi connectivity index (χ2v) is 7.88. The highest BCUT2D eigenvalue weighted by Gasteiger charge is 2.27. The molecule has 1 N–H and O–H groups in total. The maximum Gasteiger partial charge on any atom is 0.255 e. The van der Waals surface area contributed by atoms with Crippen LogP contribution in [0, 0.1) is 6.92 Å². The van der Waals surface area contributed by atoms with Gasteiger partial charge in [0.1, 0.15) is 12.1 Å². The third-order valence-electron chi connectivity index (χ3n) is 5.47. The van der Waals surface area contributed by atoms with Gasteiger partial charge in [-0.1, -0.05) is 0 Å². The van der Waals surface area contributed by atoms with Gasteiger partial charge in [0, 0.05) is 37.0 Å². The Morgan fingerprint density at radius 1 is 1.17 bits per heavy atom. The fourth-order valence-electron chi connectivity index (χ4n) is 4.26. The lowest BCUT2D eigenvalue weighted by molar-refractivity contribution is -0.00575. The van der Waals surface area contributed by atoms with Crippen molar-refractivity contribution in [3.8, 4) is 0 Å². The van der Waals surface area contributed by atoms with Gasteiger partial charge in [0.05, 0.1) is 24.4 Å². The molecule has 0 aromatic carbocycles. The summed E-state index contributed by atoms with van der Waals surface area (Å²) in [5, 5.41) is 4.31. The van der Waals surface area contributed by atoms with E-state index in [0.717, 1.165) is 22.8 Å². The largest absolute Gasteiger partial charge is 0.372 e. The van der Waals surface area contributed by atoms with Crippen molar-refractivity contribution in [2.75, 3.05) is 29.4 Å². The van der Waals surface area contributed by atoms with Crippen LogP contribution in [0.15, 0.2) is 17.2 Å². The van der Waals surface area contributed by atoms with Gasteiger partial charge in [0.2, 0.25) is 5.95 Å². The number of aromatic amines is 1. The number of anilines is 2. The maximum atomic E-state index is 12.7. The highest BCUT2D eigenvalue weighted by atomic mass is 16.5. The van der Waals surface area contributed by atoms with E-state index in [9.17, 15) is 4.79 Å². The summed E-state index contributed by atoms with van der Waals surface area (Å²) in [5.41, 5.74) is 2.40. The first kappa shape index (κ1) is 18.0. The molecule has 1 saturated heterocycles. The maximum absolute atomic E-state index is 12.7. The highest BCUT2D eigenvalue weighted by Crippen LogP contribution is 2.24. The van der Waals surface area contributed by atoms with Gasteiger partial charge in [-0.2, -0.15) is 14.6 Å². The molecule has 2 aliphatic rings. The monoisotopic (exact) mass is 396 g/mol. The molecule has 0 saturated carbocycles. The van der Waals surface area contributed by atoms with Crippen LogP contribution in [0.3, 0.4) is 0 Å². The number of ether oxygens (including phenoxy) is 1. The van der Waals surface area contributed by atoms with Crippen molar-refractivity contribution >= 4 is 17.5 Å². The number of rotatable bonds is 2. The zero-order chi connectivity index (χ0) is 20.1. The number of hydrogen-bond acceptors (Lipinski definition) is 8. The standard InChI is InChI=1S/C19H24N8O2/c1-11-6-16(27-18(22-11)20-10-21-27)25-5-4-14-15(9-25)23-19(24-17(14)28)26-7-12(2)29-13(3)8-26/h6,10,12-13H,4-5,7-9H2,1-3H3,(H,23,24,28)/t12-,13+. The number of nitrogens with one attached hydrogen (secondary N) is 1. The first-order chi connectivity index (χ1) is 14.0. The number of aromatic nitrogens is 6. The van der Waals surface area contributed by atoms with E-state index in [4.69, 9.17) is 9.72 Å². The van der Waals surface area contributed by atoms with E-state index in [1.807, 2.05) is 26.8 Å². The summed E-state index contributed by atoms with van der Waals surface area (Å²) in [4.78, 5) is 33.5. The second kappa shape index (κ2) is 6.80. The molecule has 5 heterocycles. The van der Waals surface area contributed by atoms with E-state index in [0.29, 0.717) is 44.3 Å². The first-order valence-electron chi connectivity index (χ1n) is 9.92. The van der Waals surface area contributed by atoms with E-state index in [-0.39, 0.29) is 17.8 Å². The summed E-state index contributed by atoms with van der Waals surface area (Å²) >= 11 is 0. The number of fused-ring (bicyclic) bond motifs is 2. The van der Waals surface area contributed by atoms with Crippen LogP contribution in [-0.2, 0) is 17.7 Å². The minimum Gasteiger partial charge on any atom is -0.372 e. The quantitative estimate of drug-likeness (QED) is 0.675. The third-order valence-corrected chi connectivity index (χ3v) is 5.47. The number of H-pyrrole nitrogens is 1. The van der Waals surface area contributed by atoms with Gasteiger partial charge in [0.15, 0.2) is 0 Å². The van der Waals surface area contributed by atoms with Crippen molar-refractivity contribution in [1.29, 1.82) is 0 Å². The second-order valence-electron chi connectivity index (χ2n) is 7.88. The molecule has 0 bridgehead atoms. The van der Waals surface area contributed by atoms with E-state index in [2.05, 4.69) is 29.9 Å². The van der Waals surface area contributed by atoms with E-state index in [1.54, 1.807) is 4.52 Å². The fourth-order valence-corrected chi connectivity index (χ4v) is 4.26. The molecule has 1 fully saturated rings. The Morgan fingerprint density at radius 3 is 2.76 bits per heavy atom. The Morgan fingerprint density at radius 2 is 1.97 bits per heavy atom. The molecule has 10 heteroatoms. The Kier molecular flexibility index (Phi) is 4.23. The van der Waals surface area contributed by atoms with Crippen LogP contribution in [0.1, 0.15) is 30.8 Å². The zero-order valence-electron chi connectivity index (χ0n) is 16.8. The molecule has 2 atom stereocenters. The average molecular weight is 396 g/mol. The summed E-state index contributed by atoms with van der Waals surface area (Å²) in [6, 6.07) is 1.99. The van der Waals surface area contributed by atoms with Crippen LogP contribution >= 0.6 is 0 Å². The molecule has 0 spiro atoms. The SMILES string of the molecule is Cc1cc(N2CCc3c(nc(N4C[C@@H](C)O[C@@H](C)C4)[nH]c3=O)C2)n2ncnc2n1. The van der Waals surface area contributed by atoms with Crippen LogP contribution in [0.25, 0.3) is 5.78 Å². The van der Waals surface area contributed by atoms with Crippen LogP contribution in [0.4, 0.5) is 11.8 Å². The van der Waals surface area contributed by atoms with Crippen molar-refractivity contribution in [2.24, 2.45) is 0 Å². The highest BCUT2D eigenvalue weighted by molar-refractivity contribution is 5.49. The minimum atomic E-state index is -0.0479. The summed E-state index contributed by atoms with van der Waals surface area (Å²) < 4.78 is 7.54. The summed E-state index contributed by atoms with van der Waals surface area (Å²) in [7, 11) is 0. The smallest absolute Gasteiger partial charge is 0.255 e. The molecule has 10 nitrogen and oxygen atoms in total. The van der Waals surface area contributed by atoms with Gasteiger partial charge in [-0.05, 0) is 27.2 Å². The normalized spacial score (nSPS) is 22.2. The Balaban J connectivity index is 1.50. The Hall–Kier alpha value is -3.01. The fraction of sp³-hybridized carbons (Fsp3) is 0.526. The molecule has 0 unspecified atom stereocenters. The molecule has 152 valence electrons. The zero-order valence-corrected chi connectivity index (χ0v) is 16.8. The first-order valence-corrected chi connectivity index (χ1v) is 9.92. The summed E-state index contributed by atoms with van der Waals surface area (Å²) in [5.74, 6) is 2.10. The molecule has 3 aromatic heterocycles. The van der Waals surface area contributed by atoms with Crippen molar-refractivity contribution in [3.05, 3.63) is 39.7 Å². The topological polar surface area (TPSA) is 105 Å².